The lowest BCUT2D eigenvalue weighted by molar-refractivity contribution is 0.157. The molecule has 0 aromatic rings. The molecule has 0 spiro atoms. The Morgan fingerprint density at radius 3 is 2.36 bits per heavy atom. The van der Waals surface area contributed by atoms with Crippen LogP contribution in [0.25, 0.3) is 0 Å². The van der Waals surface area contributed by atoms with Gasteiger partial charge in [0.2, 0.25) is 0 Å². The van der Waals surface area contributed by atoms with Gasteiger partial charge in [0.25, 0.3) is 0 Å². The molecule has 1 unspecified atom stereocenters. The Bertz CT molecular complexity index is 238. The normalized spacial score (nSPS) is 14.6. The number of hydrogen-bond donors (Lipinski definition) is 0. The molecule has 0 heterocycles. The Morgan fingerprint density at radius 2 is 1.93 bits per heavy atom. The van der Waals surface area contributed by atoms with Gasteiger partial charge in [-0.05, 0) is 34.4 Å². The quantitative estimate of drug-likeness (QED) is 0.636. The van der Waals surface area contributed by atoms with E-state index in [4.69, 9.17) is 4.18 Å². The van der Waals surface area contributed by atoms with E-state index in [-0.39, 0.29) is 12.7 Å². The highest BCUT2D eigenvalue weighted by molar-refractivity contribution is 7.81. The topological polar surface area (TPSA) is 55.8 Å². The summed E-state index contributed by atoms with van der Waals surface area (Å²) in [6.07, 6.45) is 0.299. The van der Waals surface area contributed by atoms with E-state index in [1.807, 2.05) is 19.0 Å². The lowest BCUT2D eigenvalue weighted by atomic mass is 10.3. The maximum Gasteiger partial charge on any atom is 0.400 e. The smallest absolute Gasteiger partial charge is 0.309 e. The molecule has 0 amide bonds. The van der Waals surface area contributed by atoms with Crippen molar-refractivity contribution in [3.05, 3.63) is 0 Å². The summed E-state index contributed by atoms with van der Waals surface area (Å²) in [6.45, 7) is 4.19. The van der Waals surface area contributed by atoms with Gasteiger partial charge >= 0.3 is 10.4 Å². The summed E-state index contributed by atoms with van der Waals surface area (Å²) in [6, 6.07) is 0. The molecular formula is C8H19NO4S. The molecule has 0 radical (unpaired) electrons. The van der Waals surface area contributed by atoms with Gasteiger partial charge in [0.1, 0.15) is 0 Å². The summed E-state index contributed by atoms with van der Waals surface area (Å²) in [5.74, 6) is 0. The zero-order valence-electron chi connectivity index (χ0n) is 9.19. The van der Waals surface area contributed by atoms with Gasteiger partial charge in [-0.2, -0.15) is 8.42 Å². The molecule has 0 bridgehead atoms. The average Bonchev–Trinajstić information content (AvgIpc) is 1.99. The fourth-order valence-electron chi connectivity index (χ4n) is 0.861. The zero-order valence-corrected chi connectivity index (χ0v) is 10.0. The summed E-state index contributed by atoms with van der Waals surface area (Å²) in [5, 5.41) is 0. The van der Waals surface area contributed by atoms with Gasteiger partial charge in [0, 0.05) is 6.54 Å². The van der Waals surface area contributed by atoms with Gasteiger partial charge in [0.05, 0.1) is 12.7 Å². The Labute approximate surface area is 86.3 Å². The van der Waals surface area contributed by atoms with E-state index in [0.29, 0.717) is 6.42 Å². The van der Waals surface area contributed by atoms with Gasteiger partial charge in [-0.25, -0.2) is 8.37 Å². The van der Waals surface area contributed by atoms with E-state index in [1.165, 1.54) is 0 Å². The van der Waals surface area contributed by atoms with Crippen LogP contribution in [0.1, 0.15) is 20.3 Å². The summed E-state index contributed by atoms with van der Waals surface area (Å²) < 4.78 is 31.3. The molecule has 0 aliphatic heterocycles. The first-order valence-corrected chi connectivity index (χ1v) is 5.93. The third-order valence-corrected chi connectivity index (χ3v) is 2.62. The van der Waals surface area contributed by atoms with Crippen molar-refractivity contribution in [2.75, 3.05) is 27.2 Å². The van der Waals surface area contributed by atoms with Gasteiger partial charge in [-0.3, -0.25) is 0 Å². The maximum absolute atomic E-state index is 11.0. The molecule has 0 aromatic heterocycles. The summed E-state index contributed by atoms with van der Waals surface area (Å²) in [7, 11) is 0.0435. The van der Waals surface area contributed by atoms with Gasteiger partial charge in [0.15, 0.2) is 0 Å². The SMILES string of the molecule is CCOS(=O)(=O)OC(C)CCN(C)C. The maximum atomic E-state index is 11.0. The van der Waals surface area contributed by atoms with Crippen LogP contribution in [0.3, 0.4) is 0 Å². The molecule has 0 aliphatic rings. The third-order valence-electron chi connectivity index (χ3n) is 1.53. The minimum atomic E-state index is -3.80. The minimum Gasteiger partial charge on any atom is -0.309 e. The molecule has 0 rings (SSSR count). The van der Waals surface area contributed by atoms with Crippen LogP contribution in [-0.4, -0.2) is 46.7 Å². The second-order valence-corrected chi connectivity index (χ2v) is 4.56. The number of hydrogen-bond acceptors (Lipinski definition) is 5. The summed E-state index contributed by atoms with van der Waals surface area (Å²) >= 11 is 0. The minimum absolute atomic E-state index is 0.0999. The Balaban J connectivity index is 3.87. The van der Waals surface area contributed by atoms with Gasteiger partial charge in [-0.1, -0.05) is 0 Å². The second-order valence-electron chi connectivity index (χ2n) is 3.31. The monoisotopic (exact) mass is 225 g/mol. The molecule has 6 heteroatoms. The van der Waals surface area contributed by atoms with Gasteiger partial charge in [-0.15, -0.1) is 0 Å². The number of rotatable bonds is 7. The van der Waals surface area contributed by atoms with Crippen molar-refractivity contribution in [1.82, 2.24) is 4.90 Å². The van der Waals surface area contributed by atoms with Crippen molar-refractivity contribution in [3.8, 4) is 0 Å². The van der Waals surface area contributed by atoms with Gasteiger partial charge < -0.3 is 4.90 Å². The van der Waals surface area contributed by atoms with E-state index in [2.05, 4.69) is 4.18 Å². The molecule has 0 aromatic carbocycles. The molecule has 86 valence electrons. The second kappa shape index (κ2) is 6.34. The standard InChI is InChI=1S/C8H19NO4S/c1-5-12-14(10,11)13-8(2)6-7-9(3)4/h8H,5-7H2,1-4H3. The van der Waals surface area contributed by atoms with Crippen LogP contribution >= 0.6 is 0 Å². The first kappa shape index (κ1) is 13.8. The van der Waals surface area contributed by atoms with Crippen LogP contribution in [0.2, 0.25) is 0 Å². The Morgan fingerprint density at radius 1 is 1.36 bits per heavy atom. The Hall–Kier alpha value is -0.170. The molecule has 5 nitrogen and oxygen atoms in total. The fourth-order valence-corrected chi connectivity index (χ4v) is 1.70. The highest BCUT2D eigenvalue weighted by atomic mass is 32.3. The largest absolute Gasteiger partial charge is 0.400 e. The third kappa shape index (κ3) is 7.25. The van der Waals surface area contributed by atoms with Crippen LogP contribution < -0.4 is 0 Å². The van der Waals surface area contributed by atoms with E-state index in [9.17, 15) is 8.42 Å². The summed E-state index contributed by atoms with van der Waals surface area (Å²) in [5.41, 5.74) is 0. The lowest BCUT2D eigenvalue weighted by Crippen LogP contribution is -2.23. The predicted octanol–water partition coefficient (Wildman–Crippen LogP) is 0.625. The average molecular weight is 225 g/mol. The van der Waals surface area contributed by atoms with Crippen LogP contribution in [0.5, 0.6) is 0 Å². The van der Waals surface area contributed by atoms with Crippen LogP contribution in [0.4, 0.5) is 0 Å². The Kier molecular flexibility index (Phi) is 6.26. The van der Waals surface area contributed by atoms with Crippen molar-refractivity contribution in [2.45, 2.75) is 26.4 Å². The van der Waals surface area contributed by atoms with Crippen LogP contribution in [-0.2, 0) is 18.8 Å². The van der Waals surface area contributed by atoms with Crippen molar-refractivity contribution in [2.24, 2.45) is 0 Å². The van der Waals surface area contributed by atoms with Crippen molar-refractivity contribution in [3.63, 3.8) is 0 Å². The molecular weight excluding hydrogens is 206 g/mol. The fraction of sp³-hybridized carbons (Fsp3) is 1.00. The van der Waals surface area contributed by atoms with E-state index < -0.39 is 10.4 Å². The molecule has 1 atom stereocenters. The highest BCUT2D eigenvalue weighted by Gasteiger charge is 2.15. The van der Waals surface area contributed by atoms with E-state index in [0.717, 1.165) is 6.54 Å². The molecule has 14 heavy (non-hydrogen) atoms. The highest BCUT2D eigenvalue weighted by Crippen LogP contribution is 2.05. The van der Waals surface area contributed by atoms with Crippen LogP contribution in [0, 0.1) is 0 Å². The van der Waals surface area contributed by atoms with Crippen molar-refractivity contribution in [1.29, 1.82) is 0 Å². The first-order chi connectivity index (χ1) is 6.37. The lowest BCUT2D eigenvalue weighted by Gasteiger charge is -2.14. The zero-order chi connectivity index (χ0) is 11.2. The van der Waals surface area contributed by atoms with E-state index in [1.54, 1.807) is 13.8 Å². The molecule has 0 N–H and O–H groups in total. The summed E-state index contributed by atoms with van der Waals surface area (Å²) in [4.78, 5) is 1.97. The van der Waals surface area contributed by atoms with Crippen molar-refractivity contribution >= 4 is 10.4 Å². The van der Waals surface area contributed by atoms with Crippen molar-refractivity contribution < 1.29 is 16.8 Å². The van der Waals surface area contributed by atoms with E-state index >= 15 is 0 Å². The predicted molar refractivity (Wildman–Crippen MR) is 54.3 cm³/mol. The van der Waals surface area contributed by atoms with Crippen LogP contribution in [0.15, 0.2) is 0 Å². The molecule has 0 aliphatic carbocycles. The molecule has 0 fully saturated rings. The molecule has 0 saturated heterocycles. The number of nitrogens with zero attached hydrogens (tertiary/aromatic N) is 1. The molecule has 0 saturated carbocycles. The first-order valence-electron chi connectivity index (χ1n) is 4.59.